The molecule has 2 fully saturated rings. The van der Waals surface area contributed by atoms with Crippen LogP contribution in [0.1, 0.15) is 57.8 Å². The summed E-state index contributed by atoms with van der Waals surface area (Å²) in [5.74, 6) is 1.18. The SMILES string of the molecule is NCC1(CC(=O)CC2CCCC2)CCC1. The Bertz CT molecular complexity index is 221. The van der Waals surface area contributed by atoms with Crippen LogP contribution in [0.3, 0.4) is 0 Å². The van der Waals surface area contributed by atoms with Crippen LogP contribution in [0.2, 0.25) is 0 Å². The van der Waals surface area contributed by atoms with Crippen molar-refractivity contribution < 1.29 is 4.79 Å². The molecule has 0 heterocycles. The van der Waals surface area contributed by atoms with Gasteiger partial charge in [0.1, 0.15) is 5.78 Å². The van der Waals surface area contributed by atoms with Crippen molar-refractivity contribution in [3.63, 3.8) is 0 Å². The Balaban J connectivity index is 1.76. The van der Waals surface area contributed by atoms with Crippen molar-refractivity contribution in [3.8, 4) is 0 Å². The summed E-state index contributed by atoms with van der Waals surface area (Å²) >= 11 is 0. The van der Waals surface area contributed by atoms with Crippen molar-refractivity contribution in [1.29, 1.82) is 0 Å². The number of nitrogens with two attached hydrogens (primary N) is 1. The third kappa shape index (κ3) is 2.60. The molecule has 0 unspecified atom stereocenters. The molecule has 2 aliphatic rings. The summed E-state index contributed by atoms with van der Waals surface area (Å²) in [7, 11) is 0. The predicted molar refractivity (Wildman–Crippen MR) is 61.5 cm³/mol. The molecule has 2 heteroatoms. The van der Waals surface area contributed by atoms with Gasteiger partial charge in [-0.1, -0.05) is 32.1 Å². The Labute approximate surface area is 92.6 Å². The lowest BCUT2D eigenvalue weighted by Crippen LogP contribution is -2.39. The van der Waals surface area contributed by atoms with E-state index in [1.165, 1.54) is 44.9 Å². The Hall–Kier alpha value is -0.370. The minimum absolute atomic E-state index is 0.218. The summed E-state index contributed by atoms with van der Waals surface area (Å²) in [5.41, 5.74) is 5.99. The van der Waals surface area contributed by atoms with E-state index in [2.05, 4.69) is 0 Å². The van der Waals surface area contributed by atoms with Gasteiger partial charge in [-0.2, -0.15) is 0 Å². The molecule has 86 valence electrons. The van der Waals surface area contributed by atoms with Crippen LogP contribution in [0.4, 0.5) is 0 Å². The maximum atomic E-state index is 11.9. The van der Waals surface area contributed by atoms with Gasteiger partial charge in [0, 0.05) is 12.8 Å². The zero-order valence-corrected chi connectivity index (χ0v) is 9.63. The average Bonchev–Trinajstić information content (AvgIpc) is 2.64. The van der Waals surface area contributed by atoms with E-state index in [-0.39, 0.29) is 5.41 Å². The lowest BCUT2D eigenvalue weighted by Gasteiger charge is -2.40. The van der Waals surface area contributed by atoms with Crippen molar-refractivity contribution in [2.75, 3.05) is 6.54 Å². The van der Waals surface area contributed by atoms with Crippen LogP contribution in [-0.2, 0) is 4.79 Å². The van der Waals surface area contributed by atoms with Gasteiger partial charge in [0.2, 0.25) is 0 Å². The molecular formula is C13H23NO. The average molecular weight is 209 g/mol. The lowest BCUT2D eigenvalue weighted by molar-refractivity contribution is -0.123. The van der Waals surface area contributed by atoms with Crippen LogP contribution >= 0.6 is 0 Å². The van der Waals surface area contributed by atoms with Gasteiger partial charge < -0.3 is 5.73 Å². The van der Waals surface area contributed by atoms with Gasteiger partial charge in [0.05, 0.1) is 0 Å². The monoisotopic (exact) mass is 209 g/mol. The molecule has 2 aliphatic carbocycles. The van der Waals surface area contributed by atoms with Gasteiger partial charge in [-0.05, 0) is 30.7 Å². The molecule has 0 amide bonds. The number of hydrogen-bond donors (Lipinski definition) is 1. The highest BCUT2D eigenvalue weighted by atomic mass is 16.1. The second-order valence-corrected chi connectivity index (χ2v) is 5.63. The number of hydrogen-bond acceptors (Lipinski definition) is 2. The van der Waals surface area contributed by atoms with Gasteiger partial charge >= 0.3 is 0 Å². The van der Waals surface area contributed by atoms with Crippen LogP contribution in [0.15, 0.2) is 0 Å². The highest BCUT2D eigenvalue weighted by molar-refractivity contribution is 5.79. The Morgan fingerprint density at radius 2 is 1.87 bits per heavy atom. The van der Waals surface area contributed by atoms with Crippen LogP contribution < -0.4 is 5.73 Å². The molecule has 0 aromatic carbocycles. The van der Waals surface area contributed by atoms with E-state index < -0.39 is 0 Å². The van der Waals surface area contributed by atoms with Crippen LogP contribution in [-0.4, -0.2) is 12.3 Å². The topological polar surface area (TPSA) is 43.1 Å². The van der Waals surface area contributed by atoms with Gasteiger partial charge in [-0.25, -0.2) is 0 Å². The molecule has 0 aliphatic heterocycles. The van der Waals surface area contributed by atoms with E-state index in [1.54, 1.807) is 0 Å². The highest BCUT2D eigenvalue weighted by Gasteiger charge is 2.37. The van der Waals surface area contributed by atoms with E-state index >= 15 is 0 Å². The van der Waals surface area contributed by atoms with Gasteiger partial charge in [-0.3, -0.25) is 4.79 Å². The standard InChI is InChI=1S/C13H23NO/c14-10-13(6-3-7-13)9-12(15)8-11-4-1-2-5-11/h11H,1-10,14H2. The molecule has 0 spiro atoms. The fraction of sp³-hybridized carbons (Fsp3) is 0.923. The predicted octanol–water partition coefficient (Wildman–Crippen LogP) is 2.65. The highest BCUT2D eigenvalue weighted by Crippen LogP contribution is 2.43. The minimum Gasteiger partial charge on any atom is -0.330 e. The van der Waals surface area contributed by atoms with E-state index in [1.807, 2.05) is 0 Å². The normalized spacial score (nSPS) is 25.1. The summed E-state index contributed by atoms with van der Waals surface area (Å²) in [6, 6.07) is 0. The Morgan fingerprint density at radius 3 is 2.33 bits per heavy atom. The Kier molecular flexibility index (Phi) is 3.45. The molecule has 15 heavy (non-hydrogen) atoms. The second-order valence-electron chi connectivity index (χ2n) is 5.63. The summed E-state index contributed by atoms with van der Waals surface area (Å²) in [6.45, 7) is 0.712. The zero-order valence-electron chi connectivity index (χ0n) is 9.63. The number of rotatable bonds is 5. The third-order valence-electron chi connectivity index (χ3n) is 4.41. The van der Waals surface area contributed by atoms with Crippen molar-refractivity contribution in [2.24, 2.45) is 17.1 Å². The summed E-state index contributed by atoms with van der Waals surface area (Å²) in [5, 5.41) is 0. The van der Waals surface area contributed by atoms with E-state index in [4.69, 9.17) is 5.73 Å². The first-order valence-corrected chi connectivity index (χ1v) is 6.46. The minimum atomic E-state index is 0.218. The second kappa shape index (κ2) is 4.65. The van der Waals surface area contributed by atoms with Crippen LogP contribution in [0.25, 0.3) is 0 Å². The van der Waals surface area contributed by atoms with Crippen LogP contribution in [0, 0.1) is 11.3 Å². The quantitative estimate of drug-likeness (QED) is 0.756. The molecule has 2 N–H and O–H groups in total. The number of Topliss-reactive ketones (excluding diaryl/α,β-unsaturated/α-hetero) is 1. The summed E-state index contributed by atoms with van der Waals surface area (Å²) in [6.07, 6.45) is 10.5. The zero-order chi connectivity index (χ0) is 10.7. The Morgan fingerprint density at radius 1 is 1.20 bits per heavy atom. The van der Waals surface area contributed by atoms with Gasteiger partial charge in [0.25, 0.3) is 0 Å². The molecule has 0 radical (unpaired) electrons. The van der Waals surface area contributed by atoms with E-state index in [9.17, 15) is 4.79 Å². The van der Waals surface area contributed by atoms with Crippen molar-refractivity contribution in [3.05, 3.63) is 0 Å². The first-order chi connectivity index (χ1) is 7.24. The van der Waals surface area contributed by atoms with Gasteiger partial charge in [0.15, 0.2) is 0 Å². The molecule has 0 atom stereocenters. The number of carbonyl (C=O) groups is 1. The van der Waals surface area contributed by atoms with E-state index in [0.29, 0.717) is 18.2 Å². The largest absolute Gasteiger partial charge is 0.330 e. The van der Waals surface area contributed by atoms with Gasteiger partial charge in [-0.15, -0.1) is 0 Å². The van der Waals surface area contributed by atoms with Crippen molar-refractivity contribution >= 4 is 5.78 Å². The van der Waals surface area contributed by atoms with Crippen LogP contribution in [0.5, 0.6) is 0 Å². The molecule has 2 nitrogen and oxygen atoms in total. The van der Waals surface area contributed by atoms with Crippen molar-refractivity contribution in [1.82, 2.24) is 0 Å². The molecule has 0 bridgehead atoms. The molecular weight excluding hydrogens is 186 g/mol. The first-order valence-electron chi connectivity index (χ1n) is 6.46. The summed E-state index contributed by atoms with van der Waals surface area (Å²) < 4.78 is 0. The third-order valence-corrected chi connectivity index (χ3v) is 4.41. The number of carbonyl (C=O) groups excluding carboxylic acids is 1. The fourth-order valence-electron chi connectivity index (χ4n) is 3.16. The van der Waals surface area contributed by atoms with E-state index in [0.717, 1.165) is 12.8 Å². The van der Waals surface area contributed by atoms with Crippen molar-refractivity contribution in [2.45, 2.75) is 57.8 Å². The maximum absolute atomic E-state index is 11.9. The number of ketones is 1. The molecule has 0 aromatic heterocycles. The fourth-order valence-corrected chi connectivity index (χ4v) is 3.16. The first kappa shape index (κ1) is 11.1. The molecule has 2 saturated carbocycles. The smallest absolute Gasteiger partial charge is 0.133 e. The maximum Gasteiger partial charge on any atom is 0.133 e. The molecule has 0 saturated heterocycles. The lowest BCUT2D eigenvalue weighted by atomic mass is 9.65. The summed E-state index contributed by atoms with van der Waals surface area (Å²) in [4.78, 5) is 11.9. The molecule has 0 aromatic rings. The molecule has 2 rings (SSSR count).